The van der Waals surface area contributed by atoms with E-state index in [0.29, 0.717) is 17.7 Å². The van der Waals surface area contributed by atoms with Gasteiger partial charge in [-0.25, -0.2) is 14.8 Å². The van der Waals surface area contributed by atoms with Gasteiger partial charge in [0.2, 0.25) is 5.95 Å². The number of hydrogen-bond acceptors (Lipinski definition) is 5. The van der Waals surface area contributed by atoms with Gasteiger partial charge < -0.3 is 10.5 Å². The maximum Gasteiger partial charge on any atom is 0.342 e. The van der Waals surface area contributed by atoms with Crippen LogP contribution in [0.15, 0.2) is 6.20 Å². The second-order valence-electron chi connectivity index (χ2n) is 4.44. The summed E-state index contributed by atoms with van der Waals surface area (Å²) in [5.41, 5.74) is 5.93. The number of aryl methyl sites for hydroxylation is 1. The summed E-state index contributed by atoms with van der Waals surface area (Å²) in [5.74, 6) is -0.242. The molecular formula is C11H17N3O2. The number of hydrogen-bond donors (Lipinski definition) is 1. The summed E-state index contributed by atoms with van der Waals surface area (Å²) in [7, 11) is 0. The van der Waals surface area contributed by atoms with Gasteiger partial charge in [-0.05, 0) is 27.2 Å². The van der Waals surface area contributed by atoms with Crippen molar-refractivity contribution in [2.45, 2.75) is 39.7 Å². The molecule has 16 heavy (non-hydrogen) atoms. The highest BCUT2D eigenvalue weighted by Crippen LogP contribution is 2.14. The zero-order chi connectivity index (χ0) is 12.3. The van der Waals surface area contributed by atoms with E-state index in [1.165, 1.54) is 6.20 Å². The number of anilines is 1. The SMILES string of the molecule is CCc1nc(N)ncc1C(=O)OC(C)(C)C. The fourth-order valence-electron chi connectivity index (χ4n) is 1.21. The second kappa shape index (κ2) is 4.47. The third-order valence-electron chi connectivity index (χ3n) is 1.84. The van der Waals surface area contributed by atoms with E-state index in [4.69, 9.17) is 10.5 Å². The highest BCUT2D eigenvalue weighted by atomic mass is 16.6. The van der Waals surface area contributed by atoms with Crippen LogP contribution >= 0.6 is 0 Å². The average Bonchev–Trinajstić information content (AvgIpc) is 2.14. The quantitative estimate of drug-likeness (QED) is 0.770. The monoisotopic (exact) mass is 223 g/mol. The van der Waals surface area contributed by atoms with Crippen molar-refractivity contribution in [1.82, 2.24) is 9.97 Å². The van der Waals surface area contributed by atoms with Crippen molar-refractivity contribution in [1.29, 1.82) is 0 Å². The first-order valence-electron chi connectivity index (χ1n) is 5.18. The molecule has 0 atom stereocenters. The number of nitrogen functional groups attached to an aromatic ring is 1. The molecule has 88 valence electrons. The Morgan fingerprint density at radius 2 is 2.12 bits per heavy atom. The number of esters is 1. The molecule has 1 rings (SSSR count). The fraction of sp³-hybridized carbons (Fsp3) is 0.545. The van der Waals surface area contributed by atoms with Crippen LogP contribution < -0.4 is 5.73 Å². The minimum absolute atomic E-state index is 0.171. The number of aromatic nitrogens is 2. The van der Waals surface area contributed by atoms with Crippen molar-refractivity contribution in [2.24, 2.45) is 0 Å². The van der Waals surface area contributed by atoms with Crippen LogP contribution in [0.2, 0.25) is 0 Å². The number of carbonyl (C=O) groups is 1. The van der Waals surface area contributed by atoms with E-state index in [1.54, 1.807) is 0 Å². The standard InChI is InChI=1S/C11H17N3O2/c1-5-8-7(6-13-10(12)14-8)9(15)16-11(2,3)4/h6H,5H2,1-4H3,(H2,12,13,14). The largest absolute Gasteiger partial charge is 0.456 e. The van der Waals surface area contributed by atoms with E-state index < -0.39 is 11.6 Å². The highest BCUT2D eigenvalue weighted by Gasteiger charge is 2.21. The van der Waals surface area contributed by atoms with Crippen molar-refractivity contribution in [3.63, 3.8) is 0 Å². The summed E-state index contributed by atoms with van der Waals surface area (Å²) in [5, 5.41) is 0. The Morgan fingerprint density at radius 3 is 2.62 bits per heavy atom. The van der Waals surface area contributed by atoms with Crippen LogP contribution in [0.25, 0.3) is 0 Å². The predicted molar refractivity (Wildman–Crippen MR) is 61.0 cm³/mol. The van der Waals surface area contributed by atoms with E-state index in [1.807, 2.05) is 27.7 Å². The molecule has 5 nitrogen and oxygen atoms in total. The van der Waals surface area contributed by atoms with Crippen molar-refractivity contribution in [2.75, 3.05) is 5.73 Å². The van der Waals surface area contributed by atoms with Crippen LogP contribution in [0, 0.1) is 0 Å². The Bertz CT molecular complexity index is 397. The molecule has 0 aliphatic rings. The number of ether oxygens (including phenoxy) is 1. The van der Waals surface area contributed by atoms with Gasteiger partial charge in [0, 0.05) is 6.20 Å². The van der Waals surface area contributed by atoms with Gasteiger partial charge in [-0.15, -0.1) is 0 Å². The van der Waals surface area contributed by atoms with E-state index in [2.05, 4.69) is 9.97 Å². The molecule has 0 saturated carbocycles. The predicted octanol–water partition coefficient (Wildman–Crippen LogP) is 1.58. The van der Waals surface area contributed by atoms with Gasteiger partial charge in [-0.1, -0.05) is 6.92 Å². The number of rotatable bonds is 2. The summed E-state index contributed by atoms with van der Waals surface area (Å²) >= 11 is 0. The molecule has 1 heterocycles. The Kier molecular flexibility index (Phi) is 3.47. The van der Waals surface area contributed by atoms with Gasteiger partial charge in [0.1, 0.15) is 5.60 Å². The smallest absolute Gasteiger partial charge is 0.342 e. The van der Waals surface area contributed by atoms with Gasteiger partial charge in [-0.3, -0.25) is 0 Å². The molecule has 0 spiro atoms. The molecule has 5 heteroatoms. The third-order valence-corrected chi connectivity index (χ3v) is 1.84. The molecule has 0 saturated heterocycles. The summed E-state index contributed by atoms with van der Waals surface area (Å²) in [6.45, 7) is 7.34. The van der Waals surface area contributed by atoms with Crippen LogP contribution in [0.1, 0.15) is 43.7 Å². The maximum atomic E-state index is 11.8. The van der Waals surface area contributed by atoms with Crippen LogP contribution in [-0.4, -0.2) is 21.5 Å². The Hall–Kier alpha value is -1.65. The summed E-state index contributed by atoms with van der Waals surface area (Å²) in [6.07, 6.45) is 2.02. The molecule has 0 aliphatic heterocycles. The van der Waals surface area contributed by atoms with Crippen molar-refractivity contribution in [3.05, 3.63) is 17.5 Å². The molecule has 0 aromatic carbocycles. The van der Waals surface area contributed by atoms with Crippen LogP contribution in [0.5, 0.6) is 0 Å². The summed E-state index contributed by atoms with van der Waals surface area (Å²) in [4.78, 5) is 19.6. The van der Waals surface area contributed by atoms with Crippen molar-refractivity contribution >= 4 is 11.9 Å². The van der Waals surface area contributed by atoms with Gasteiger partial charge in [0.15, 0.2) is 0 Å². The molecule has 0 unspecified atom stereocenters. The van der Waals surface area contributed by atoms with Crippen LogP contribution in [0.3, 0.4) is 0 Å². The van der Waals surface area contributed by atoms with E-state index in [0.717, 1.165) is 0 Å². The lowest BCUT2D eigenvalue weighted by Gasteiger charge is -2.20. The lowest BCUT2D eigenvalue weighted by molar-refractivity contribution is 0.00674. The Labute approximate surface area is 95.0 Å². The molecule has 0 radical (unpaired) electrons. The molecule has 0 fully saturated rings. The molecule has 2 N–H and O–H groups in total. The highest BCUT2D eigenvalue weighted by molar-refractivity contribution is 5.90. The minimum atomic E-state index is -0.524. The molecule has 0 bridgehead atoms. The molecule has 0 aliphatic carbocycles. The first-order chi connectivity index (χ1) is 7.33. The van der Waals surface area contributed by atoms with Crippen molar-refractivity contribution < 1.29 is 9.53 Å². The Morgan fingerprint density at radius 1 is 1.50 bits per heavy atom. The maximum absolute atomic E-state index is 11.8. The summed E-state index contributed by atoms with van der Waals surface area (Å²) < 4.78 is 5.25. The van der Waals surface area contributed by atoms with Gasteiger partial charge in [0.25, 0.3) is 0 Å². The number of nitrogens with zero attached hydrogens (tertiary/aromatic N) is 2. The molecule has 1 aromatic rings. The molecule has 1 aromatic heterocycles. The minimum Gasteiger partial charge on any atom is -0.456 e. The van der Waals surface area contributed by atoms with E-state index >= 15 is 0 Å². The first kappa shape index (κ1) is 12.4. The van der Waals surface area contributed by atoms with Crippen LogP contribution in [0.4, 0.5) is 5.95 Å². The lowest BCUT2D eigenvalue weighted by atomic mass is 10.1. The van der Waals surface area contributed by atoms with Gasteiger partial charge in [-0.2, -0.15) is 0 Å². The topological polar surface area (TPSA) is 78.1 Å². The third kappa shape index (κ3) is 3.18. The average molecular weight is 223 g/mol. The van der Waals surface area contributed by atoms with E-state index in [9.17, 15) is 4.79 Å². The van der Waals surface area contributed by atoms with Crippen LogP contribution in [-0.2, 0) is 11.2 Å². The zero-order valence-corrected chi connectivity index (χ0v) is 10.1. The number of carbonyl (C=O) groups excluding carboxylic acids is 1. The number of nitrogens with two attached hydrogens (primary N) is 1. The second-order valence-corrected chi connectivity index (χ2v) is 4.44. The first-order valence-corrected chi connectivity index (χ1v) is 5.18. The van der Waals surface area contributed by atoms with Crippen molar-refractivity contribution in [3.8, 4) is 0 Å². The summed E-state index contributed by atoms with van der Waals surface area (Å²) in [6, 6.07) is 0. The normalized spacial score (nSPS) is 11.2. The van der Waals surface area contributed by atoms with Gasteiger partial charge >= 0.3 is 5.97 Å². The lowest BCUT2D eigenvalue weighted by Crippen LogP contribution is -2.25. The molecule has 0 amide bonds. The zero-order valence-electron chi connectivity index (χ0n) is 10.1. The van der Waals surface area contributed by atoms with E-state index in [-0.39, 0.29) is 5.95 Å². The fourth-order valence-corrected chi connectivity index (χ4v) is 1.21. The Balaban J connectivity index is 2.99. The van der Waals surface area contributed by atoms with Gasteiger partial charge in [0.05, 0.1) is 11.3 Å². The molecular weight excluding hydrogens is 206 g/mol.